The van der Waals surface area contributed by atoms with Crippen LogP contribution in [0.4, 0.5) is 0 Å². The number of allylic oxidation sites excluding steroid dienone is 2. The van der Waals surface area contributed by atoms with Gasteiger partial charge in [0.2, 0.25) is 0 Å². The Hall–Kier alpha value is -1.63. The summed E-state index contributed by atoms with van der Waals surface area (Å²) in [7, 11) is -3.46. The number of nitrogens with zero attached hydrogens (tertiary/aromatic N) is 2. The van der Waals surface area contributed by atoms with Gasteiger partial charge in [-0.2, -0.15) is 0 Å². The third-order valence-electron chi connectivity index (χ3n) is 3.09. The van der Waals surface area contributed by atoms with Crippen molar-refractivity contribution >= 4 is 21.8 Å². The molecule has 19 heavy (non-hydrogen) atoms. The number of rotatable bonds is 3. The van der Waals surface area contributed by atoms with Gasteiger partial charge in [0.05, 0.1) is 11.3 Å². The molecule has 0 radical (unpaired) electrons. The standard InChI is InChI=1S/C12H17N3O3S/c1-3-9(2)13-12(16)10-5-4-6-15-7-8-19(17,18)14-11(10)15/h4-6,9H,3,7-8H2,1-2H3,(H,13,16). The SMILES string of the molecule is CCC(C)NC(=O)C1=CC=CN2CCS(=O)(=O)N=C12. The summed E-state index contributed by atoms with van der Waals surface area (Å²) >= 11 is 0. The highest BCUT2D eigenvalue weighted by molar-refractivity contribution is 7.90. The predicted molar refractivity (Wildman–Crippen MR) is 73.0 cm³/mol. The Kier molecular flexibility index (Phi) is 3.75. The first-order valence-electron chi connectivity index (χ1n) is 6.22. The molecule has 0 fully saturated rings. The van der Waals surface area contributed by atoms with Gasteiger partial charge >= 0.3 is 0 Å². The number of carbonyl (C=O) groups is 1. The van der Waals surface area contributed by atoms with Crippen LogP contribution in [0.15, 0.2) is 28.3 Å². The summed E-state index contributed by atoms with van der Waals surface area (Å²) < 4.78 is 26.8. The summed E-state index contributed by atoms with van der Waals surface area (Å²) in [5.41, 5.74) is 0.297. The fourth-order valence-electron chi connectivity index (χ4n) is 1.80. The summed E-state index contributed by atoms with van der Waals surface area (Å²) in [5, 5.41) is 2.82. The second-order valence-corrected chi connectivity index (χ2v) is 6.35. The maximum absolute atomic E-state index is 12.1. The molecule has 1 unspecified atom stereocenters. The van der Waals surface area contributed by atoms with Gasteiger partial charge in [-0.15, -0.1) is 4.40 Å². The molecule has 1 N–H and O–H groups in total. The fraction of sp³-hybridized carbons (Fsp3) is 0.500. The number of amides is 1. The van der Waals surface area contributed by atoms with Crippen LogP contribution >= 0.6 is 0 Å². The van der Waals surface area contributed by atoms with Crippen LogP contribution in [-0.2, 0) is 14.8 Å². The van der Waals surface area contributed by atoms with E-state index in [9.17, 15) is 13.2 Å². The van der Waals surface area contributed by atoms with Crippen LogP contribution in [0.2, 0.25) is 0 Å². The molecule has 1 atom stereocenters. The first-order chi connectivity index (χ1) is 8.93. The average Bonchev–Trinajstić information content (AvgIpc) is 2.36. The van der Waals surface area contributed by atoms with Crippen molar-refractivity contribution in [1.82, 2.24) is 10.2 Å². The number of hydrogen-bond acceptors (Lipinski definition) is 4. The number of sulfonamides is 1. The lowest BCUT2D eigenvalue weighted by atomic mass is 10.1. The van der Waals surface area contributed by atoms with E-state index in [1.807, 2.05) is 13.8 Å². The minimum absolute atomic E-state index is 0.0267. The Balaban J connectivity index is 2.29. The minimum Gasteiger partial charge on any atom is -0.349 e. The first-order valence-corrected chi connectivity index (χ1v) is 7.83. The summed E-state index contributed by atoms with van der Waals surface area (Å²) in [6, 6.07) is 0.0357. The van der Waals surface area contributed by atoms with Crippen molar-refractivity contribution in [1.29, 1.82) is 0 Å². The lowest BCUT2D eigenvalue weighted by Gasteiger charge is -2.29. The van der Waals surface area contributed by atoms with E-state index in [0.29, 0.717) is 12.1 Å². The zero-order valence-corrected chi connectivity index (χ0v) is 11.8. The van der Waals surface area contributed by atoms with E-state index < -0.39 is 10.0 Å². The number of fused-ring (bicyclic) bond motifs is 1. The summed E-state index contributed by atoms with van der Waals surface area (Å²) in [4.78, 5) is 13.8. The van der Waals surface area contributed by atoms with Gasteiger partial charge in [0.1, 0.15) is 0 Å². The van der Waals surface area contributed by atoms with Crippen LogP contribution in [-0.4, -0.2) is 43.4 Å². The number of carbonyl (C=O) groups excluding carboxylic acids is 1. The number of hydrogen-bond donors (Lipinski definition) is 1. The van der Waals surface area contributed by atoms with E-state index in [0.717, 1.165) is 6.42 Å². The van der Waals surface area contributed by atoms with E-state index in [1.54, 1.807) is 23.3 Å². The van der Waals surface area contributed by atoms with Gasteiger partial charge < -0.3 is 10.2 Å². The van der Waals surface area contributed by atoms with Crippen LogP contribution in [0.3, 0.4) is 0 Å². The molecule has 0 aromatic carbocycles. The Morgan fingerprint density at radius 3 is 3.00 bits per heavy atom. The molecule has 2 heterocycles. The van der Waals surface area contributed by atoms with Gasteiger partial charge in [0, 0.05) is 18.8 Å². The molecule has 0 aromatic rings. The monoisotopic (exact) mass is 283 g/mol. The summed E-state index contributed by atoms with van der Waals surface area (Å²) in [5.74, 6) is -0.102. The smallest absolute Gasteiger partial charge is 0.256 e. The third-order valence-corrected chi connectivity index (χ3v) is 4.24. The highest BCUT2D eigenvalue weighted by atomic mass is 32.2. The van der Waals surface area contributed by atoms with Crippen molar-refractivity contribution in [2.45, 2.75) is 26.3 Å². The van der Waals surface area contributed by atoms with E-state index in [2.05, 4.69) is 9.71 Å². The van der Waals surface area contributed by atoms with Crippen LogP contribution in [0.1, 0.15) is 20.3 Å². The van der Waals surface area contributed by atoms with Gasteiger partial charge in [-0.25, -0.2) is 8.42 Å². The lowest BCUT2D eigenvalue weighted by molar-refractivity contribution is -0.117. The molecule has 6 nitrogen and oxygen atoms in total. The van der Waals surface area contributed by atoms with Crippen molar-refractivity contribution in [3.8, 4) is 0 Å². The van der Waals surface area contributed by atoms with Gasteiger partial charge in [-0.05, 0) is 25.5 Å². The number of nitrogens with one attached hydrogen (secondary N) is 1. The van der Waals surface area contributed by atoms with Gasteiger partial charge in [0.25, 0.3) is 15.9 Å². The summed E-state index contributed by atoms with van der Waals surface area (Å²) in [6.45, 7) is 4.19. The maximum Gasteiger partial charge on any atom is 0.256 e. The van der Waals surface area contributed by atoms with E-state index in [-0.39, 0.29) is 23.5 Å². The molecule has 2 aliphatic rings. The van der Waals surface area contributed by atoms with Crippen molar-refractivity contribution in [3.63, 3.8) is 0 Å². The average molecular weight is 283 g/mol. The van der Waals surface area contributed by atoms with Crippen molar-refractivity contribution in [3.05, 3.63) is 23.9 Å². The van der Waals surface area contributed by atoms with Crippen LogP contribution in [0, 0.1) is 0 Å². The topological polar surface area (TPSA) is 78.8 Å². The zero-order valence-electron chi connectivity index (χ0n) is 11.0. The molecule has 0 saturated heterocycles. The lowest BCUT2D eigenvalue weighted by Crippen LogP contribution is -2.43. The Morgan fingerprint density at radius 2 is 2.32 bits per heavy atom. The molecule has 0 aromatic heterocycles. The number of amidine groups is 1. The molecule has 0 spiro atoms. The molecule has 2 rings (SSSR count). The molecule has 2 aliphatic heterocycles. The maximum atomic E-state index is 12.1. The van der Waals surface area contributed by atoms with Crippen molar-refractivity contribution in [2.75, 3.05) is 12.3 Å². The predicted octanol–water partition coefficient (Wildman–Crippen LogP) is 0.399. The van der Waals surface area contributed by atoms with Gasteiger partial charge in [0.15, 0.2) is 5.84 Å². The van der Waals surface area contributed by atoms with Crippen LogP contribution < -0.4 is 5.32 Å². The van der Waals surface area contributed by atoms with Crippen molar-refractivity contribution < 1.29 is 13.2 Å². The molecule has 1 amide bonds. The molecule has 0 aliphatic carbocycles. The normalized spacial score (nSPS) is 22.1. The van der Waals surface area contributed by atoms with E-state index >= 15 is 0 Å². The molecule has 0 bridgehead atoms. The van der Waals surface area contributed by atoms with Gasteiger partial charge in [-0.3, -0.25) is 4.79 Å². The minimum atomic E-state index is -3.46. The Labute approximate surface area is 112 Å². The second kappa shape index (κ2) is 5.16. The zero-order chi connectivity index (χ0) is 14.0. The summed E-state index contributed by atoms with van der Waals surface area (Å²) in [6.07, 6.45) is 5.85. The highest BCUT2D eigenvalue weighted by Crippen LogP contribution is 2.17. The largest absolute Gasteiger partial charge is 0.349 e. The second-order valence-electron chi connectivity index (χ2n) is 4.60. The highest BCUT2D eigenvalue weighted by Gasteiger charge is 2.30. The van der Waals surface area contributed by atoms with E-state index in [4.69, 9.17) is 0 Å². The quantitative estimate of drug-likeness (QED) is 0.813. The third kappa shape index (κ3) is 3.04. The van der Waals surface area contributed by atoms with Crippen LogP contribution in [0.5, 0.6) is 0 Å². The molecular weight excluding hydrogens is 266 g/mol. The van der Waals surface area contributed by atoms with Crippen LogP contribution in [0.25, 0.3) is 0 Å². The molecule has 7 heteroatoms. The molecule has 0 saturated carbocycles. The van der Waals surface area contributed by atoms with Gasteiger partial charge in [-0.1, -0.05) is 6.92 Å². The molecular formula is C12H17N3O3S. The van der Waals surface area contributed by atoms with E-state index in [1.165, 1.54) is 0 Å². The first kappa shape index (κ1) is 13.8. The fourth-order valence-corrected chi connectivity index (χ4v) is 2.78. The molecule has 104 valence electrons. The van der Waals surface area contributed by atoms with Crippen molar-refractivity contribution in [2.24, 2.45) is 4.40 Å². The Bertz CT molecular complexity index is 575. The Morgan fingerprint density at radius 1 is 1.58 bits per heavy atom.